The van der Waals surface area contributed by atoms with E-state index in [0.717, 1.165) is 38.3 Å². The summed E-state index contributed by atoms with van der Waals surface area (Å²) in [7, 11) is 0. The van der Waals surface area contributed by atoms with E-state index in [2.05, 4.69) is 14.9 Å². The van der Waals surface area contributed by atoms with E-state index in [4.69, 9.17) is 4.74 Å². The molecule has 1 aromatic heterocycles. The molecule has 0 spiro atoms. The fraction of sp³-hybridized carbons (Fsp3) is 0.615. The fourth-order valence-corrected chi connectivity index (χ4v) is 2.20. The molecule has 18 heavy (non-hydrogen) atoms. The van der Waals surface area contributed by atoms with Crippen LogP contribution in [0.1, 0.15) is 25.6 Å². The van der Waals surface area contributed by atoms with Gasteiger partial charge in [-0.3, -0.25) is 9.69 Å². The third-order valence-corrected chi connectivity index (χ3v) is 3.19. The second-order valence-corrected chi connectivity index (χ2v) is 4.47. The summed E-state index contributed by atoms with van der Waals surface area (Å²) in [5.74, 6) is 0.859. The average Bonchev–Trinajstić information content (AvgIpc) is 2.41. The predicted molar refractivity (Wildman–Crippen MR) is 66.7 cm³/mol. The Morgan fingerprint density at radius 1 is 1.39 bits per heavy atom. The molecule has 0 N–H and O–H groups in total. The van der Waals surface area contributed by atoms with E-state index in [-0.39, 0.29) is 11.9 Å². The maximum Gasteiger partial charge on any atom is 0.309 e. The van der Waals surface area contributed by atoms with Gasteiger partial charge in [0, 0.05) is 12.4 Å². The SMILES string of the molecule is CCOC(=O)C1CCN(Cc2ncccn2)CC1. The number of esters is 1. The molecule has 0 radical (unpaired) electrons. The van der Waals surface area contributed by atoms with Crippen molar-refractivity contribution in [3.63, 3.8) is 0 Å². The summed E-state index contributed by atoms with van der Waals surface area (Å²) < 4.78 is 5.05. The lowest BCUT2D eigenvalue weighted by Gasteiger charge is -2.30. The highest BCUT2D eigenvalue weighted by molar-refractivity contribution is 5.72. The van der Waals surface area contributed by atoms with E-state index >= 15 is 0 Å². The van der Waals surface area contributed by atoms with Gasteiger partial charge in [0.05, 0.1) is 19.1 Å². The van der Waals surface area contributed by atoms with Gasteiger partial charge in [0.15, 0.2) is 0 Å². The maximum atomic E-state index is 11.6. The van der Waals surface area contributed by atoms with Crippen LogP contribution >= 0.6 is 0 Å². The standard InChI is InChI=1S/C13H19N3O2/c1-2-18-13(17)11-4-8-16(9-5-11)10-12-14-6-3-7-15-12/h3,6-7,11H,2,4-5,8-10H2,1H3. The highest BCUT2D eigenvalue weighted by atomic mass is 16.5. The molecule has 5 nitrogen and oxygen atoms in total. The number of carbonyl (C=O) groups excluding carboxylic acids is 1. The number of hydrogen-bond acceptors (Lipinski definition) is 5. The number of aromatic nitrogens is 2. The molecule has 1 aromatic rings. The van der Waals surface area contributed by atoms with Crippen molar-refractivity contribution in [1.82, 2.24) is 14.9 Å². The minimum Gasteiger partial charge on any atom is -0.466 e. The van der Waals surface area contributed by atoms with Gasteiger partial charge >= 0.3 is 5.97 Å². The van der Waals surface area contributed by atoms with Crippen LogP contribution in [0, 0.1) is 5.92 Å². The van der Waals surface area contributed by atoms with E-state index in [1.165, 1.54) is 0 Å². The first kappa shape index (κ1) is 13.0. The van der Waals surface area contributed by atoms with Crippen molar-refractivity contribution < 1.29 is 9.53 Å². The van der Waals surface area contributed by atoms with Gasteiger partial charge < -0.3 is 4.74 Å². The monoisotopic (exact) mass is 249 g/mol. The van der Waals surface area contributed by atoms with Crippen molar-refractivity contribution >= 4 is 5.97 Å². The lowest BCUT2D eigenvalue weighted by Crippen LogP contribution is -2.36. The van der Waals surface area contributed by atoms with Gasteiger partial charge in [0.25, 0.3) is 0 Å². The third-order valence-electron chi connectivity index (χ3n) is 3.19. The van der Waals surface area contributed by atoms with Crippen LogP contribution in [-0.4, -0.2) is 40.5 Å². The summed E-state index contributed by atoms with van der Waals surface area (Å²) in [6.07, 6.45) is 5.25. The fourth-order valence-electron chi connectivity index (χ4n) is 2.20. The largest absolute Gasteiger partial charge is 0.466 e. The first-order chi connectivity index (χ1) is 8.79. The highest BCUT2D eigenvalue weighted by Crippen LogP contribution is 2.19. The van der Waals surface area contributed by atoms with E-state index < -0.39 is 0 Å². The number of likely N-dealkylation sites (tertiary alicyclic amines) is 1. The molecule has 0 saturated carbocycles. The Hall–Kier alpha value is -1.49. The van der Waals surface area contributed by atoms with Gasteiger partial charge in [-0.1, -0.05) is 0 Å². The molecule has 0 atom stereocenters. The molecule has 0 unspecified atom stereocenters. The van der Waals surface area contributed by atoms with Crippen molar-refractivity contribution in [3.8, 4) is 0 Å². The van der Waals surface area contributed by atoms with Gasteiger partial charge in [-0.25, -0.2) is 9.97 Å². The van der Waals surface area contributed by atoms with E-state index in [1.54, 1.807) is 12.4 Å². The van der Waals surface area contributed by atoms with Crippen LogP contribution in [0.2, 0.25) is 0 Å². The Kier molecular flexibility index (Phi) is 4.64. The van der Waals surface area contributed by atoms with Crippen molar-refractivity contribution in [3.05, 3.63) is 24.3 Å². The summed E-state index contributed by atoms with van der Waals surface area (Å²) in [6.45, 7) is 4.89. The molecule has 2 rings (SSSR count). The summed E-state index contributed by atoms with van der Waals surface area (Å²) in [5, 5.41) is 0. The van der Waals surface area contributed by atoms with Crippen molar-refractivity contribution in [2.24, 2.45) is 5.92 Å². The van der Waals surface area contributed by atoms with Crippen LogP contribution in [0.5, 0.6) is 0 Å². The van der Waals surface area contributed by atoms with Gasteiger partial charge in [-0.05, 0) is 38.9 Å². The number of nitrogens with zero attached hydrogens (tertiary/aromatic N) is 3. The zero-order valence-corrected chi connectivity index (χ0v) is 10.7. The van der Waals surface area contributed by atoms with E-state index in [9.17, 15) is 4.79 Å². The van der Waals surface area contributed by atoms with Crippen LogP contribution in [0.3, 0.4) is 0 Å². The van der Waals surface area contributed by atoms with E-state index in [0.29, 0.717) is 6.61 Å². The van der Waals surface area contributed by atoms with Crippen LogP contribution in [-0.2, 0) is 16.1 Å². The molecule has 1 aliphatic heterocycles. The minimum absolute atomic E-state index is 0.0480. The van der Waals surface area contributed by atoms with Gasteiger partial charge in [0.2, 0.25) is 0 Å². The van der Waals surface area contributed by atoms with Crippen LogP contribution in [0.25, 0.3) is 0 Å². The van der Waals surface area contributed by atoms with Gasteiger partial charge in [-0.2, -0.15) is 0 Å². The summed E-state index contributed by atoms with van der Waals surface area (Å²) in [4.78, 5) is 22.3. The van der Waals surface area contributed by atoms with Crippen LogP contribution in [0.15, 0.2) is 18.5 Å². The number of ether oxygens (including phenoxy) is 1. The lowest BCUT2D eigenvalue weighted by molar-refractivity contribution is -0.149. The lowest BCUT2D eigenvalue weighted by atomic mass is 9.97. The smallest absolute Gasteiger partial charge is 0.309 e. The Labute approximate surface area is 107 Å². The molecule has 0 aliphatic carbocycles. The molecule has 5 heteroatoms. The molecule has 0 amide bonds. The first-order valence-corrected chi connectivity index (χ1v) is 6.44. The molecular formula is C13H19N3O2. The molecular weight excluding hydrogens is 230 g/mol. The highest BCUT2D eigenvalue weighted by Gasteiger charge is 2.26. The molecule has 98 valence electrons. The zero-order valence-electron chi connectivity index (χ0n) is 10.7. The van der Waals surface area contributed by atoms with Crippen LogP contribution in [0.4, 0.5) is 0 Å². The van der Waals surface area contributed by atoms with Crippen molar-refractivity contribution in [1.29, 1.82) is 0 Å². The second kappa shape index (κ2) is 6.44. The Bertz CT molecular complexity index is 375. The Morgan fingerprint density at radius 2 is 2.06 bits per heavy atom. The molecule has 1 aliphatic rings. The topological polar surface area (TPSA) is 55.3 Å². The van der Waals surface area contributed by atoms with Crippen molar-refractivity contribution in [2.45, 2.75) is 26.3 Å². The number of piperidine rings is 1. The predicted octanol–water partition coefficient (Wildman–Crippen LogP) is 1.25. The maximum absolute atomic E-state index is 11.6. The number of rotatable bonds is 4. The zero-order chi connectivity index (χ0) is 12.8. The molecule has 2 heterocycles. The molecule has 1 fully saturated rings. The van der Waals surface area contributed by atoms with E-state index in [1.807, 2.05) is 13.0 Å². The van der Waals surface area contributed by atoms with Crippen LogP contribution < -0.4 is 0 Å². The van der Waals surface area contributed by atoms with Gasteiger partial charge in [0.1, 0.15) is 5.82 Å². The molecule has 0 aromatic carbocycles. The molecule has 0 bridgehead atoms. The number of hydrogen-bond donors (Lipinski definition) is 0. The van der Waals surface area contributed by atoms with Crippen molar-refractivity contribution in [2.75, 3.05) is 19.7 Å². The summed E-state index contributed by atoms with van der Waals surface area (Å²) in [5.41, 5.74) is 0. The normalized spacial score (nSPS) is 17.6. The summed E-state index contributed by atoms with van der Waals surface area (Å²) in [6, 6.07) is 1.82. The third kappa shape index (κ3) is 3.50. The Morgan fingerprint density at radius 3 is 2.67 bits per heavy atom. The number of carbonyl (C=O) groups is 1. The average molecular weight is 249 g/mol. The first-order valence-electron chi connectivity index (χ1n) is 6.44. The quantitative estimate of drug-likeness (QED) is 0.752. The Balaban J connectivity index is 1.78. The molecule has 1 saturated heterocycles. The second-order valence-electron chi connectivity index (χ2n) is 4.47. The minimum atomic E-state index is -0.0480. The summed E-state index contributed by atoms with van der Waals surface area (Å²) >= 11 is 0. The van der Waals surface area contributed by atoms with Gasteiger partial charge in [-0.15, -0.1) is 0 Å².